The third-order valence-electron chi connectivity index (χ3n) is 4.13. The van der Waals surface area contributed by atoms with Gasteiger partial charge in [-0.25, -0.2) is 14.3 Å². The van der Waals surface area contributed by atoms with Gasteiger partial charge in [-0.1, -0.05) is 13.8 Å². The molecule has 7 heteroatoms. The number of fused-ring (bicyclic) bond motifs is 1. The van der Waals surface area contributed by atoms with E-state index in [0.717, 1.165) is 0 Å². The SMILES string of the molecule is CC(C)C1(C)N=C(c2nn3cccc3cc2C(=O)O)NC1=O. The van der Waals surface area contributed by atoms with Crippen LogP contribution < -0.4 is 5.32 Å². The van der Waals surface area contributed by atoms with Crippen LogP contribution in [-0.2, 0) is 4.79 Å². The first-order valence-corrected chi connectivity index (χ1v) is 6.96. The molecule has 1 unspecified atom stereocenters. The minimum atomic E-state index is -1.11. The molecule has 1 aliphatic rings. The van der Waals surface area contributed by atoms with Gasteiger partial charge in [0.2, 0.25) is 0 Å². The van der Waals surface area contributed by atoms with Gasteiger partial charge in [-0.3, -0.25) is 4.79 Å². The number of nitrogens with zero attached hydrogens (tertiary/aromatic N) is 3. The van der Waals surface area contributed by atoms with Crippen molar-refractivity contribution in [3.63, 3.8) is 0 Å². The van der Waals surface area contributed by atoms with Gasteiger partial charge in [0.05, 0.1) is 11.1 Å². The number of aromatic carboxylic acids is 1. The summed E-state index contributed by atoms with van der Waals surface area (Å²) < 4.78 is 1.56. The molecule has 0 aliphatic carbocycles. The summed E-state index contributed by atoms with van der Waals surface area (Å²) >= 11 is 0. The lowest BCUT2D eigenvalue weighted by atomic mass is 9.89. The lowest BCUT2D eigenvalue weighted by Gasteiger charge is -2.21. The smallest absolute Gasteiger partial charge is 0.338 e. The van der Waals surface area contributed by atoms with E-state index >= 15 is 0 Å². The minimum Gasteiger partial charge on any atom is -0.478 e. The molecule has 7 nitrogen and oxygen atoms in total. The first-order valence-electron chi connectivity index (χ1n) is 6.96. The second-order valence-electron chi connectivity index (χ2n) is 5.81. The number of aromatic nitrogens is 2. The van der Waals surface area contributed by atoms with Gasteiger partial charge in [-0.15, -0.1) is 0 Å². The Labute approximate surface area is 126 Å². The van der Waals surface area contributed by atoms with Gasteiger partial charge >= 0.3 is 5.97 Å². The Kier molecular flexibility index (Phi) is 3.01. The van der Waals surface area contributed by atoms with Gasteiger partial charge in [0.15, 0.2) is 5.84 Å². The zero-order valence-corrected chi connectivity index (χ0v) is 12.5. The Bertz CT molecular complexity index is 821. The van der Waals surface area contributed by atoms with Gasteiger partial charge < -0.3 is 10.4 Å². The fourth-order valence-electron chi connectivity index (χ4n) is 2.36. The molecule has 114 valence electrons. The molecular weight excluding hydrogens is 284 g/mol. The second kappa shape index (κ2) is 4.66. The fraction of sp³-hybridized carbons (Fsp3) is 0.333. The maximum Gasteiger partial charge on any atom is 0.338 e. The lowest BCUT2D eigenvalue weighted by Crippen LogP contribution is -2.41. The Morgan fingerprint density at radius 2 is 2.18 bits per heavy atom. The average molecular weight is 300 g/mol. The first-order chi connectivity index (χ1) is 10.3. The number of carboxylic acid groups (broad SMARTS) is 1. The van der Waals surface area contributed by atoms with Gasteiger partial charge in [-0.2, -0.15) is 5.10 Å². The Hall–Kier alpha value is -2.70. The number of rotatable bonds is 3. The third kappa shape index (κ3) is 1.97. The number of carbonyl (C=O) groups excluding carboxylic acids is 1. The van der Waals surface area contributed by atoms with Crippen LogP contribution in [0.2, 0.25) is 0 Å². The molecule has 0 radical (unpaired) electrons. The van der Waals surface area contributed by atoms with Crippen molar-refractivity contribution < 1.29 is 14.7 Å². The predicted octanol–water partition coefficient (Wildman–Crippen LogP) is 1.32. The van der Waals surface area contributed by atoms with Crippen LogP contribution in [0.4, 0.5) is 0 Å². The molecule has 3 rings (SSSR count). The Balaban J connectivity index is 2.19. The molecule has 2 aromatic rings. The highest BCUT2D eigenvalue weighted by molar-refractivity contribution is 6.17. The summed E-state index contributed by atoms with van der Waals surface area (Å²) in [5.41, 5.74) is -0.0804. The number of nitrogens with one attached hydrogen (secondary N) is 1. The molecular formula is C15H16N4O3. The van der Waals surface area contributed by atoms with Crippen LogP contribution in [0.15, 0.2) is 29.4 Å². The van der Waals surface area contributed by atoms with Crippen molar-refractivity contribution in [3.05, 3.63) is 35.7 Å². The van der Waals surface area contributed by atoms with Crippen LogP contribution in [0.25, 0.3) is 5.52 Å². The second-order valence-corrected chi connectivity index (χ2v) is 5.81. The van der Waals surface area contributed by atoms with E-state index in [1.165, 1.54) is 6.07 Å². The molecule has 0 bridgehead atoms. The van der Waals surface area contributed by atoms with Crippen molar-refractivity contribution >= 4 is 23.2 Å². The van der Waals surface area contributed by atoms with E-state index in [1.807, 2.05) is 13.8 Å². The molecule has 2 aromatic heterocycles. The zero-order valence-electron chi connectivity index (χ0n) is 12.5. The Morgan fingerprint density at radius 3 is 2.77 bits per heavy atom. The van der Waals surface area contributed by atoms with Crippen LogP contribution in [0.3, 0.4) is 0 Å². The molecule has 3 heterocycles. The van der Waals surface area contributed by atoms with Crippen molar-refractivity contribution in [2.24, 2.45) is 10.9 Å². The molecule has 22 heavy (non-hydrogen) atoms. The molecule has 0 spiro atoms. The van der Waals surface area contributed by atoms with Crippen molar-refractivity contribution in [1.82, 2.24) is 14.9 Å². The van der Waals surface area contributed by atoms with E-state index in [4.69, 9.17) is 0 Å². The van der Waals surface area contributed by atoms with E-state index in [-0.39, 0.29) is 28.9 Å². The molecule has 2 N–H and O–H groups in total. The first kappa shape index (κ1) is 14.2. The maximum absolute atomic E-state index is 12.2. The van der Waals surface area contributed by atoms with E-state index in [1.54, 1.807) is 29.8 Å². The summed E-state index contributed by atoms with van der Waals surface area (Å²) in [4.78, 5) is 28.1. The summed E-state index contributed by atoms with van der Waals surface area (Å²) in [6, 6.07) is 5.05. The summed E-state index contributed by atoms with van der Waals surface area (Å²) in [7, 11) is 0. The minimum absolute atomic E-state index is 0.0123. The lowest BCUT2D eigenvalue weighted by molar-refractivity contribution is -0.124. The van der Waals surface area contributed by atoms with Gasteiger partial charge in [0, 0.05) is 6.20 Å². The highest BCUT2D eigenvalue weighted by atomic mass is 16.4. The van der Waals surface area contributed by atoms with Crippen LogP contribution in [-0.4, -0.2) is 38.0 Å². The number of hydrogen-bond acceptors (Lipinski definition) is 4. The van der Waals surface area contributed by atoms with E-state index < -0.39 is 11.5 Å². The summed E-state index contributed by atoms with van der Waals surface area (Å²) in [6.45, 7) is 5.52. The monoisotopic (exact) mass is 300 g/mol. The number of amides is 1. The number of aliphatic imine (C=N–C) groups is 1. The highest BCUT2D eigenvalue weighted by Gasteiger charge is 2.43. The molecule has 1 aliphatic heterocycles. The van der Waals surface area contributed by atoms with Gasteiger partial charge in [0.1, 0.15) is 11.2 Å². The topological polar surface area (TPSA) is 96.1 Å². The van der Waals surface area contributed by atoms with Crippen molar-refractivity contribution in [2.75, 3.05) is 0 Å². The molecule has 0 saturated carbocycles. The van der Waals surface area contributed by atoms with E-state index in [0.29, 0.717) is 5.52 Å². The quantitative estimate of drug-likeness (QED) is 0.893. The van der Waals surface area contributed by atoms with Crippen molar-refractivity contribution in [3.8, 4) is 0 Å². The fourth-order valence-corrected chi connectivity index (χ4v) is 2.36. The van der Waals surface area contributed by atoms with Crippen molar-refractivity contribution in [2.45, 2.75) is 26.3 Å². The predicted molar refractivity (Wildman–Crippen MR) is 80.1 cm³/mol. The maximum atomic E-state index is 12.2. The third-order valence-corrected chi connectivity index (χ3v) is 4.13. The van der Waals surface area contributed by atoms with Gasteiger partial charge in [-0.05, 0) is 31.0 Å². The van der Waals surface area contributed by atoms with E-state index in [9.17, 15) is 14.7 Å². The van der Waals surface area contributed by atoms with Crippen LogP contribution in [0.5, 0.6) is 0 Å². The molecule has 0 aromatic carbocycles. The van der Waals surface area contributed by atoms with E-state index in [2.05, 4.69) is 15.4 Å². The highest BCUT2D eigenvalue weighted by Crippen LogP contribution is 2.27. The van der Waals surface area contributed by atoms with Crippen LogP contribution in [0.1, 0.15) is 36.8 Å². The van der Waals surface area contributed by atoms with Gasteiger partial charge in [0.25, 0.3) is 5.91 Å². The molecule has 1 amide bonds. The average Bonchev–Trinajstić information content (AvgIpc) is 3.02. The number of carboxylic acids is 1. The van der Waals surface area contributed by atoms with Crippen LogP contribution in [0, 0.1) is 5.92 Å². The zero-order chi connectivity index (χ0) is 16.1. The molecule has 0 fully saturated rings. The normalized spacial score (nSPS) is 21.3. The largest absolute Gasteiger partial charge is 0.478 e. The standard InChI is InChI=1S/C15H16N4O3/c1-8(2)15(3)14(22)16-12(17-15)11-10(13(20)21)7-9-5-4-6-19(9)18-11/h4-8H,1-3H3,(H,20,21)(H,16,17,22). The number of amidine groups is 1. The molecule has 1 atom stereocenters. The summed E-state index contributed by atoms with van der Waals surface area (Å²) in [6.07, 6.45) is 1.71. The van der Waals surface area contributed by atoms with Crippen molar-refractivity contribution in [1.29, 1.82) is 0 Å². The Morgan fingerprint density at radius 1 is 1.45 bits per heavy atom. The number of carbonyl (C=O) groups is 2. The molecule has 0 saturated heterocycles. The summed E-state index contributed by atoms with van der Waals surface area (Å²) in [5, 5.41) is 16.4. The number of hydrogen-bond donors (Lipinski definition) is 2. The van der Waals surface area contributed by atoms with Crippen LogP contribution >= 0.6 is 0 Å². The summed E-state index contributed by atoms with van der Waals surface area (Å²) in [5.74, 6) is -1.17.